The number of nitrogens with zero attached hydrogens (tertiary/aromatic N) is 3. The van der Waals surface area contributed by atoms with E-state index in [2.05, 4.69) is 0 Å². The zero-order valence-corrected chi connectivity index (χ0v) is 20.4. The molecule has 0 aliphatic rings. The van der Waals surface area contributed by atoms with E-state index < -0.39 is 12.0 Å². The summed E-state index contributed by atoms with van der Waals surface area (Å²) in [5.74, 6) is -0.0553. The fourth-order valence-electron chi connectivity index (χ4n) is 4.19. The molecular formula is C27H33N3O4. The van der Waals surface area contributed by atoms with Crippen LogP contribution in [0, 0.1) is 0 Å². The van der Waals surface area contributed by atoms with Crippen LogP contribution in [0.4, 0.5) is 0 Å². The number of hydrogen-bond acceptors (Lipinski definition) is 5. The number of amides is 1. The summed E-state index contributed by atoms with van der Waals surface area (Å²) in [6.45, 7) is 8.44. The lowest BCUT2D eigenvalue weighted by molar-refractivity contribution is -0.146. The first-order valence-corrected chi connectivity index (χ1v) is 12.0. The predicted octanol–water partition coefficient (Wildman–Crippen LogP) is 4.59. The van der Waals surface area contributed by atoms with E-state index in [1.54, 1.807) is 22.5 Å². The molecule has 3 rings (SSSR count). The number of carbonyl (C=O) groups excluding carboxylic acids is 2. The summed E-state index contributed by atoms with van der Waals surface area (Å²) in [4.78, 5) is 45.3. The van der Waals surface area contributed by atoms with Crippen LogP contribution < -0.4 is 5.56 Å². The summed E-state index contributed by atoms with van der Waals surface area (Å²) in [6.07, 6.45) is 1.56. The standard InChI is InChI=1S/C27H33N3O4/c1-5-18-29(24(31)16-17-25(32)34-7-3)19(4)26-28-22-14-10-9-13-21(22)27(33)30(26)23-15-11-8-12-20(23)6-2/h8-15,19H,5-7,16-18H2,1-4H3. The summed E-state index contributed by atoms with van der Waals surface area (Å²) in [5.41, 5.74) is 2.22. The Hall–Kier alpha value is -3.48. The molecule has 7 heteroatoms. The minimum absolute atomic E-state index is 0.0240. The lowest BCUT2D eigenvalue weighted by Gasteiger charge is -2.30. The van der Waals surface area contributed by atoms with Crippen molar-refractivity contribution < 1.29 is 14.3 Å². The van der Waals surface area contributed by atoms with Gasteiger partial charge in [-0.05, 0) is 50.5 Å². The Morgan fingerprint density at radius 3 is 2.44 bits per heavy atom. The van der Waals surface area contributed by atoms with Crippen LogP contribution in [-0.4, -0.2) is 39.5 Å². The number of fused-ring (bicyclic) bond motifs is 1. The van der Waals surface area contributed by atoms with Crippen LogP contribution in [0.15, 0.2) is 53.3 Å². The summed E-state index contributed by atoms with van der Waals surface area (Å²) in [7, 11) is 0. The van der Waals surface area contributed by atoms with Crippen LogP contribution in [0.2, 0.25) is 0 Å². The van der Waals surface area contributed by atoms with Gasteiger partial charge in [-0.25, -0.2) is 4.98 Å². The van der Waals surface area contributed by atoms with E-state index >= 15 is 0 Å². The lowest BCUT2D eigenvalue weighted by atomic mass is 10.1. The Kier molecular flexibility index (Phi) is 8.57. The van der Waals surface area contributed by atoms with Crippen molar-refractivity contribution in [2.45, 2.75) is 59.4 Å². The van der Waals surface area contributed by atoms with Gasteiger partial charge in [0.25, 0.3) is 5.56 Å². The van der Waals surface area contributed by atoms with Crippen molar-refractivity contribution in [3.05, 3.63) is 70.3 Å². The van der Waals surface area contributed by atoms with E-state index in [1.165, 1.54) is 0 Å². The Bertz CT molecular complexity index is 1220. The second kappa shape index (κ2) is 11.6. The normalized spacial score (nSPS) is 11.9. The molecule has 2 aromatic carbocycles. The smallest absolute Gasteiger partial charge is 0.306 e. The molecule has 0 aliphatic heterocycles. The molecule has 1 atom stereocenters. The van der Waals surface area contributed by atoms with Crippen LogP contribution >= 0.6 is 0 Å². The minimum Gasteiger partial charge on any atom is -0.466 e. The third-order valence-electron chi connectivity index (χ3n) is 5.89. The maximum Gasteiger partial charge on any atom is 0.306 e. The van der Waals surface area contributed by atoms with Gasteiger partial charge in [-0.1, -0.05) is 44.2 Å². The van der Waals surface area contributed by atoms with Gasteiger partial charge in [0.2, 0.25) is 5.91 Å². The molecule has 1 aromatic heterocycles. The molecular weight excluding hydrogens is 430 g/mol. The molecule has 0 saturated heterocycles. The fourth-order valence-corrected chi connectivity index (χ4v) is 4.19. The van der Waals surface area contributed by atoms with Crippen molar-refractivity contribution in [1.82, 2.24) is 14.5 Å². The third kappa shape index (κ3) is 5.35. The van der Waals surface area contributed by atoms with Crippen LogP contribution in [0.1, 0.15) is 64.4 Å². The number of esters is 1. The van der Waals surface area contributed by atoms with Crippen molar-refractivity contribution in [3.63, 3.8) is 0 Å². The molecule has 0 radical (unpaired) electrons. The summed E-state index contributed by atoms with van der Waals surface area (Å²) < 4.78 is 6.62. The SMILES string of the molecule is CCCN(C(=O)CCC(=O)OCC)C(C)c1nc2ccccc2c(=O)n1-c1ccccc1CC. The van der Waals surface area contributed by atoms with Crippen molar-refractivity contribution in [1.29, 1.82) is 0 Å². The Morgan fingerprint density at radius 1 is 1.03 bits per heavy atom. The monoisotopic (exact) mass is 463 g/mol. The molecule has 0 fully saturated rings. The number of para-hydroxylation sites is 2. The Balaban J connectivity index is 2.13. The quantitative estimate of drug-likeness (QED) is 0.411. The van der Waals surface area contributed by atoms with E-state index in [4.69, 9.17) is 9.72 Å². The molecule has 34 heavy (non-hydrogen) atoms. The van der Waals surface area contributed by atoms with Crippen molar-refractivity contribution in [2.75, 3.05) is 13.2 Å². The van der Waals surface area contributed by atoms with Crippen molar-refractivity contribution >= 4 is 22.8 Å². The maximum absolute atomic E-state index is 13.7. The summed E-state index contributed by atoms with van der Waals surface area (Å²) in [5, 5.41) is 0.528. The number of aryl methyl sites for hydroxylation is 1. The van der Waals surface area contributed by atoms with E-state index in [1.807, 2.05) is 63.2 Å². The Morgan fingerprint density at radius 2 is 1.74 bits per heavy atom. The zero-order valence-electron chi connectivity index (χ0n) is 20.4. The van der Waals surface area contributed by atoms with Gasteiger partial charge in [-0.15, -0.1) is 0 Å². The molecule has 0 spiro atoms. The highest BCUT2D eigenvalue weighted by Crippen LogP contribution is 2.25. The number of benzene rings is 2. The third-order valence-corrected chi connectivity index (χ3v) is 5.89. The highest BCUT2D eigenvalue weighted by atomic mass is 16.5. The summed E-state index contributed by atoms with van der Waals surface area (Å²) >= 11 is 0. The maximum atomic E-state index is 13.7. The number of hydrogen-bond donors (Lipinski definition) is 0. The van der Waals surface area contributed by atoms with Crippen molar-refractivity contribution in [3.8, 4) is 5.69 Å². The first kappa shape index (κ1) is 25.1. The van der Waals surface area contributed by atoms with Gasteiger partial charge in [-0.3, -0.25) is 19.0 Å². The first-order valence-electron chi connectivity index (χ1n) is 12.0. The van der Waals surface area contributed by atoms with Crippen LogP contribution in [0.5, 0.6) is 0 Å². The summed E-state index contributed by atoms with van der Waals surface area (Å²) in [6, 6.07) is 14.6. The lowest BCUT2D eigenvalue weighted by Crippen LogP contribution is -2.38. The van der Waals surface area contributed by atoms with Gasteiger partial charge in [0, 0.05) is 13.0 Å². The number of ether oxygens (including phenoxy) is 1. The highest BCUT2D eigenvalue weighted by molar-refractivity contribution is 5.82. The van der Waals surface area contributed by atoms with Gasteiger partial charge in [0.1, 0.15) is 5.82 Å². The number of rotatable bonds is 10. The Labute approximate surface area is 200 Å². The zero-order chi connectivity index (χ0) is 24.7. The topological polar surface area (TPSA) is 81.5 Å². The van der Waals surface area contributed by atoms with Gasteiger partial charge in [0.15, 0.2) is 0 Å². The molecule has 0 N–H and O–H groups in total. The number of aromatic nitrogens is 2. The molecule has 0 aliphatic carbocycles. The molecule has 3 aromatic rings. The molecule has 180 valence electrons. The minimum atomic E-state index is -0.475. The molecule has 0 bridgehead atoms. The van der Waals surface area contributed by atoms with Gasteiger partial charge >= 0.3 is 5.97 Å². The van der Waals surface area contributed by atoms with Gasteiger partial charge < -0.3 is 9.64 Å². The van der Waals surface area contributed by atoms with E-state index in [9.17, 15) is 14.4 Å². The highest BCUT2D eigenvalue weighted by Gasteiger charge is 2.27. The van der Waals surface area contributed by atoms with Crippen LogP contribution in [0.25, 0.3) is 16.6 Å². The predicted molar refractivity (Wildman–Crippen MR) is 133 cm³/mol. The molecule has 0 saturated carbocycles. The average Bonchev–Trinajstić information content (AvgIpc) is 2.85. The fraction of sp³-hybridized carbons (Fsp3) is 0.407. The second-order valence-corrected chi connectivity index (χ2v) is 8.18. The molecule has 1 amide bonds. The van der Waals surface area contributed by atoms with Gasteiger partial charge in [0.05, 0.1) is 35.7 Å². The van der Waals surface area contributed by atoms with Gasteiger partial charge in [-0.2, -0.15) is 0 Å². The van der Waals surface area contributed by atoms with E-state index in [0.29, 0.717) is 23.3 Å². The van der Waals surface area contributed by atoms with Crippen LogP contribution in [0.3, 0.4) is 0 Å². The van der Waals surface area contributed by atoms with Crippen molar-refractivity contribution in [2.24, 2.45) is 0 Å². The second-order valence-electron chi connectivity index (χ2n) is 8.18. The molecule has 7 nitrogen and oxygen atoms in total. The van der Waals surface area contributed by atoms with Crippen LogP contribution in [-0.2, 0) is 20.7 Å². The largest absolute Gasteiger partial charge is 0.466 e. The molecule has 1 unspecified atom stereocenters. The van der Waals surface area contributed by atoms with E-state index in [0.717, 1.165) is 24.1 Å². The number of carbonyl (C=O) groups is 2. The first-order chi connectivity index (χ1) is 16.4. The molecule has 1 heterocycles. The van der Waals surface area contributed by atoms with E-state index in [-0.39, 0.29) is 30.9 Å². The average molecular weight is 464 g/mol.